The minimum atomic E-state index is -4.94. The molecular formula is C8H3BrF6O. The van der Waals surface area contributed by atoms with E-state index in [0.29, 0.717) is 18.2 Å². The molecule has 0 saturated heterocycles. The van der Waals surface area contributed by atoms with Crippen molar-refractivity contribution in [2.45, 2.75) is 12.5 Å². The van der Waals surface area contributed by atoms with Crippen LogP contribution >= 0.6 is 15.9 Å². The highest BCUT2D eigenvalue weighted by Crippen LogP contribution is 2.36. The largest absolute Gasteiger partial charge is 0.573 e. The summed E-state index contributed by atoms with van der Waals surface area (Å²) in [6, 6.07) is 1.62. The van der Waals surface area contributed by atoms with Crippen molar-refractivity contribution in [1.82, 2.24) is 0 Å². The third kappa shape index (κ3) is 3.58. The number of rotatable bonds is 1. The van der Waals surface area contributed by atoms with E-state index in [2.05, 4.69) is 20.7 Å². The minimum absolute atomic E-state index is 0.417. The highest BCUT2D eigenvalue weighted by Gasteiger charge is 2.34. The van der Waals surface area contributed by atoms with Crippen LogP contribution in [0.4, 0.5) is 26.3 Å². The van der Waals surface area contributed by atoms with Gasteiger partial charge in [0.25, 0.3) is 0 Å². The smallest absolute Gasteiger partial charge is 0.405 e. The van der Waals surface area contributed by atoms with Gasteiger partial charge in [-0.3, -0.25) is 0 Å². The van der Waals surface area contributed by atoms with Crippen LogP contribution in [-0.4, -0.2) is 6.36 Å². The summed E-state index contributed by atoms with van der Waals surface area (Å²) in [6.45, 7) is 0. The Morgan fingerprint density at radius 1 is 1.00 bits per heavy atom. The lowest BCUT2D eigenvalue weighted by atomic mass is 10.2. The highest BCUT2D eigenvalue weighted by atomic mass is 79.9. The van der Waals surface area contributed by atoms with Gasteiger partial charge in [0.05, 0.1) is 10.0 Å². The zero-order valence-corrected chi connectivity index (χ0v) is 8.87. The zero-order chi connectivity index (χ0) is 12.6. The lowest BCUT2D eigenvalue weighted by molar-refractivity contribution is -0.274. The molecule has 0 heterocycles. The fraction of sp³-hybridized carbons (Fsp3) is 0.250. The van der Waals surface area contributed by atoms with Gasteiger partial charge in [-0.1, -0.05) is 0 Å². The van der Waals surface area contributed by atoms with Crippen LogP contribution < -0.4 is 4.74 Å². The van der Waals surface area contributed by atoms with Gasteiger partial charge in [-0.2, -0.15) is 13.2 Å². The Balaban J connectivity index is 3.01. The van der Waals surface area contributed by atoms with E-state index in [4.69, 9.17) is 0 Å². The highest BCUT2D eigenvalue weighted by molar-refractivity contribution is 9.10. The van der Waals surface area contributed by atoms with E-state index in [0.717, 1.165) is 0 Å². The standard InChI is InChI=1S/C8H3BrF6O/c9-5-3-4(7(10,11)12)1-2-6(5)16-8(13,14)15/h1-3H. The van der Waals surface area contributed by atoms with Crippen molar-refractivity contribution in [2.75, 3.05) is 0 Å². The summed E-state index contributed by atoms with van der Waals surface area (Å²) in [5.41, 5.74) is -1.06. The first-order valence-electron chi connectivity index (χ1n) is 3.72. The lowest BCUT2D eigenvalue weighted by Crippen LogP contribution is -2.17. The quantitative estimate of drug-likeness (QED) is 0.700. The van der Waals surface area contributed by atoms with Crippen molar-refractivity contribution in [3.05, 3.63) is 28.2 Å². The van der Waals surface area contributed by atoms with Crippen molar-refractivity contribution >= 4 is 15.9 Å². The van der Waals surface area contributed by atoms with Crippen LogP contribution in [0.5, 0.6) is 5.75 Å². The predicted molar refractivity (Wildman–Crippen MR) is 45.8 cm³/mol. The number of benzene rings is 1. The molecule has 1 aromatic carbocycles. The Morgan fingerprint density at radius 3 is 1.94 bits per heavy atom. The lowest BCUT2D eigenvalue weighted by Gasteiger charge is -2.12. The van der Waals surface area contributed by atoms with Crippen molar-refractivity contribution < 1.29 is 31.1 Å². The molecule has 0 aromatic heterocycles. The molecule has 1 aromatic rings. The van der Waals surface area contributed by atoms with Gasteiger partial charge < -0.3 is 4.74 Å². The van der Waals surface area contributed by atoms with Gasteiger partial charge in [0.1, 0.15) is 5.75 Å². The third-order valence-electron chi connectivity index (χ3n) is 1.48. The van der Waals surface area contributed by atoms with E-state index in [1.54, 1.807) is 0 Å². The van der Waals surface area contributed by atoms with Gasteiger partial charge in [-0.15, -0.1) is 13.2 Å². The van der Waals surface area contributed by atoms with Crippen molar-refractivity contribution in [3.8, 4) is 5.75 Å². The summed E-state index contributed by atoms with van der Waals surface area (Å²) < 4.78 is 74.9. The zero-order valence-electron chi connectivity index (χ0n) is 7.29. The molecular weight excluding hydrogens is 306 g/mol. The van der Waals surface area contributed by atoms with E-state index in [1.165, 1.54) is 0 Å². The molecule has 0 fully saturated rings. The van der Waals surface area contributed by atoms with Gasteiger partial charge in [0.15, 0.2) is 0 Å². The summed E-state index contributed by atoms with van der Waals surface area (Å²) in [4.78, 5) is 0. The number of alkyl halides is 6. The minimum Gasteiger partial charge on any atom is -0.405 e. The van der Waals surface area contributed by atoms with Crippen LogP contribution in [0.3, 0.4) is 0 Å². The molecule has 0 aliphatic rings. The number of halogens is 7. The second kappa shape index (κ2) is 4.15. The predicted octanol–water partition coefficient (Wildman–Crippen LogP) is 4.37. The molecule has 0 N–H and O–H groups in total. The van der Waals surface area contributed by atoms with Crippen LogP contribution in [0.15, 0.2) is 22.7 Å². The molecule has 0 atom stereocenters. The molecule has 16 heavy (non-hydrogen) atoms. The Hall–Kier alpha value is -0.920. The van der Waals surface area contributed by atoms with Gasteiger partial charge in [-0.05, 0) is 34.1 Å². The molecule has 8 heteroatoms. The normalized spacial score (nSPS) is 12.7. The van der Waals surface area contributed by atoms with Gasteiger partial charge in [0.2, 0.25) is 0 Å². The number of ether oxygens (including phenoxy) is 1. The van der Waals surface area contributed by atoms with Gasteiger partial charge in [-0.25, -0.2) is 0 Å². The number of hydrogen-bond donors (Lipinski definition) is 0. The summed E-state index contributed by atoms with van der Waals surface area (Å²) >= 11 is 2.57. The van der Waals surface area contributed by atoms with Crippen LogP contribution in [-0.2, 0) is 6.18 Å². The fourth-order valence-corrected chi connectivity index (χ4v) is 1.34. The Labute approximate surface area is 94.1 Å². The van der Waals surface area contributed by atoms with Crippen molar-refractivity contribution in [2.24, 2.45) is 0 Å². The van der Waals surface area contributed by atoms with E-state index >= 15 is 0 Å². The average Bonchev–Trinajstić information content (AvgIpc) is 2.04. The molecule has 1 rings (SSSR count). The molecule has 0 amide bonds. The second-order valence-electron chi connectivity index (χ2n) is 2.69. The Kier molecular flexibility index (Phi) is 3.41. The SMILES string of the molecule is FC(F)(F)Oc1ccc(C(F)(F)F)cc1Br. The molecule has 0 bridgehead atoms. The topological polar surface area (TPSA) is 9.23 Å². The summed E-state index contributed by atoms with van der Waals surface area (Å²) in [6.07, 6.45) is -9.55. The van der Waals surface area contributed by atoms with Crippen LogP contribution in [0, 0.1) is 0 Å². The van der Waals surface area contributed by atoms with Crippen molar-refractivity contribution in [1.29, 1.82) is 0 Å². The van der Waals surface area contributed by atoms with Crippen LogP contribution in [0.25, 0.3) is 0 Å². The van der Waals surface area contributed by atoms with Crippen LogP contribution in [0.1, 0.15) is 5.56 Å². The third-order valence-corrected chi connectivity index (χ3v) is 2.10. The van der Waals surface area contributed by atoms with Gasteiger partial charge >= 0.3 is 12.5 Å². The van der Waals surface area contributed by atoms with Gasteiger partial charge in [0, 0.05) is 0 Å². The average molecular weight is 309 g/mol. The maximum Gasteiger partial charge on any atom is 0.573 e. The van der Waals surface area contributed by atoms with E-state index < -0.39 is 28.3 Å². The van der Waals surface area contributed by atoms with Crippen LogP contribution in [0.2, 0.25) is 0 Å². The molecule has 1 nitrogen and oxygen atoms in total. The number of hydrogen-bond acceptors (Lipinski definition) is 1. The van der Waals surface area contributed by atoms with Crippen molar-refractivity contribution in [3.63, 3.8) is 0 Å². The van der Waals surface area contributed by atoms with E-state index in [-0.39, 0.29) is 0 Å². The first-order chi connectivity index (χ1) is 7.09. The first-order valence-corrected chi connectivity index (χ1v) is 4.51. The molecule has 0 unspecified atom stereocenters. The maximum absolute atomic E-state index is 12.2. The molecule has 0 spiro atoms. The van der Waals surface area contributed by atoms with E-state index in [1.807, 2.05) is 0 Å². The molecule has 90 valence electrons. The molecule has 0 aliphatic carbocycles. The Bertz CT molecular complexity index is 383. The summed E-state index contributed by atoms with van der Waals surface area (Å²) in [5.74, 6) is -0.722. The molecule has 0 aliphatic heterocycles. The fourth-order valence-electron chi connectivity index (χ4n) is 0.885. The summed E-state index contributed by atoms with van der Waals surface area (Å²) in [7, 11) is 0. The Morgan fingerprint density at radius 2 is 1.56 bits per heavy atom. The maximum atomic E-state index is 12.2. The summed E-state index contributed by atoms with van der Waals surface area (Å²) in [5, 5.41) is 0. The van der Waals surface area contributed by atoms with E-state index in [9.17, 15) is 26.3 Å². The molecule has 0 saturated carbocycles. The first kappa shape index (κ1) is 13.1. The second-order valence-corrected chi connectivity index (χ2v) is 3.55. The monoisotopic (exact) mass is 308 g/mol. The molecule has 0 radical (unpaired) electrons.